The van der Waals surface area contributed by atoms with Crippen LogP contribution in [0.5, 0.6) is 0 Å². The lowest BCUT2D eigenvalue weighted by molar-refractivity contribution is 0.251. The number of hydrogen-bond donors (Lipinski definition) is 3. The van der Waals surface area contributed by atoms with Gasteiger partial charge >= 0.3 is 6.03 Å². The molecule has 1 saturated carbocycles. The summed E-state index contributed by atoms with van der Waals surface area (Å²) >= 11 is 0. The molecule has 1 heterocycles. The lowest BCUT2D eigenvalue weighted by Crippen LogP contribution is -2.30. The minimum atomic E-state index is -0.181. The summed E-state index contributed by atoms with van der Waals surface area (Å²) in [5.74, 6) is 0.578. The van der Waals surface area contributed by atoms with Crippen LogP contribution < -0.4 is 10.6 Å². The van der Waals surface area contributed by atoms with E-state index >= 15 is 0 Å². The van der Waals surface area contributed by atoms with Gasteiger partial charge in [0.05, 0.1) is 5.52 Å². The Morgan fingerprint density at radius 3 is 3.00 bits per heavy atom. The average Bonchev–Trinajstić information content (AvgIpc) is 3.00. The van der Waals surface area contributed by atoms with Gasteiger partial charge in [0.2, 0.25) is 0 Å². The molecule has 2 amide bonds. The molecule has 0 unspecified atom stereocenters. The lowest BCUT2D eigenvalue weighted by Gasteiger charge is -2.03. The molecule has 0 spiro atoms. The summed E-state index contributed by atoms with van der Waals surface area (Å²) in [5, 5.41) is 13.5. The van der Waals surface area contributed by atoms with E-state index in [2.05, 4.69) is 20.8 Å². The van der Waals surface area contributed by atoms with Crippen molar-refractivity contribution >= 4 is 22.8 Å². The number of aromatic amines is 1. The molecular weight excluding hydrogens is 204 g/mol. The fraction of sp³-hybridized carbons (Fsp3) is 0.273. The third kappa shape index (κ3) is 1.71. The number of rotatable bonds is 2. The first-order valence-corrected chi connectivity index (χ1v) is 5.33. The zero-order chi connectivity index (χ0) is 11.0. The van der Waals surface area contributed by atoms with Crippen molar-refractivity contribution in [1.82, 2.24) is 15.5 Å². The molecule has 0 atom stereocenters. The van der Waals surface area contributed by atoms with Gasteiger partial charge in [0.25, 0.3) is 0 Å². The van der Waals surface area contributed by atoms with Crippen LogP contribution in [0.15, 0.2) is 24.3 Å². The molecular formula is C11H12N4O. The molecule has 0 saturated heterocycles. The molecule has 1 aromatic carbocycles. The number of para-hydroxylation sites is 1. The SMILES string of the molecule is O=C(Nc1n[nH]c2ccccc12)NC1CC1. The van der Waals surface area contributed by atoms with Crippen molar-refractivity contribution in [3.63, 3.8) is 0 Å². The van der Waals surface area contributed by atoms with Gasteiger partial charge in [0, 0.05) is 11.4 Å². The number of carbonyl (C=O) groups excluding carboxylic acids is 1. The number of carbonyl (C=O) groups is 1. The van der Waals surface area contributed by atoms with Crippen LogP contribution >= 0.6 is 0 Å². The second-order valence-corrected chi connectivity index (χ2v) is 3.99. The molecule has 1 aromatic heterocycles. The average molecular weight is 216 g/mol. The molecule has 2 aromatic rings. The first-order chi connectivity index (χ1) is 7.83. The van der Waals surface area contributed by atoms with Crippen LogP contribution in [0, 0.1) is 0 Å². The highest BCUT2D eigenvalue weighted by Gasteiger charge is 2.23. The predicted octanol–water partition coefficient (Wildman–Crippen LogP) is 1.85. The van der Waals surface area contributed by atoms with Crippen molar-refractivity contribution in [1.29, 1.82) is 0 Å². The number of H-pyrrole nitrogens is 1. The normalized spacial score (nSPS) is 15.0. The Morgan fingerprint density at radius 1 is 1.38 bits per heavy atom. The first kappa shape index (κ1) is 9.21. The van der Waals surface area contributed by atoms with Crippen molar-refractivity contribution in [3.8, 4) is 0 Å². The number of anilines is 1. The molecule has 5 heteroatoms. The Morgan fingerprint density at radius 2 is 2.19 bits per heavy atom. The number of fused-ring (bicyclic) bond motifs is 1. The molecule has 3 N–H and O–H groups in total. The summed E-state index contributed by atoms with van der Waals surface area (Å²) in [5.41, 5.74) is 0.921. The maximum Gasteiger partial charge on any atom is 0.320 e. The van der Waals surface area contributed by atoms with E-state index in [1.807, 2.05) is 24.3 Å². The molecule has 1 fully saturated rings. The largest absolute Gasteiger partial charge is 0.335 e. The summed E-state index contributed by atoms with van der Waals surface area (Å²) < 4.78 is 0. The van der Waals surface area contributed by atoms with E-state index in [1.54, 1.807) is 0 Å². The van der Waals surface area contributed by atoms with Gasteiger partial charge in [0.1, 0.15) is 0 Å². The number of amides is 2. The third-order valence-electron chi connectivity index (χ3n) is 2.61. The van der Waals surface area contributed by atoms with Crippen molar-refractivity contribution in [3.05, 3.63) is 24.3 Å². The second-order valence-electron chi connectivity index (χ2n) is 3.99. The van der Waals surface area contributed by atoms with E-state index in [1.165, 1.54) is 0 Å². The van der Waals surface area contributed by atoms with Gasteiger partial charge in [-0.2, -0.15) is 5.10 Å². The molecule has 1 aliphatic carbocycles. The lowest BCUT2D eigenvalue weighted by atomic mass is 10.2. The Bertz CT molecular complexity index is 530. The van der Waals surface area contributed by atoms with Gasteiger partial charge in [0.15, 0.2) is 5.82 Å². The number of nitrogens with one attached hydrogen (secondary N) is 3. The monoisotopic (exact) mass is 216 g/mol. The van der Waals surface area contributed by atoms with Crippen LogP contribution in [0.4, 0.5) is 10.6 Å². The zero-order valence-electron chi connectivity index (χ0n) is 8.66. The summed E-state index contributed by atoms with van der Waals surface area (Å²) in [6.07, 6.45) is 2.16. The fourth-order valence-electron chi connectivity index (χ4n) is 1.62. The van der Waals surface area contributed by atoms with Crippen LogP contribution in [-0.4, -0.2) is 22.3 Å². The minimum absolute atomic E-state index is 0.181. The van der Waals surface area contributed by atoms with Crippen molar-refractivity contribution in [2.75, 3.05) is 5.32 Å². The standard InChI is InChI=1S/C11H12N4O/c16-11(12-7-5-6-7)13-10-8-3-1-2-4-9(8)14-15-10/h1-4,7H,5-6H2,(H3,12,13,14,15,16). The first-order valence-electron chi connectivity index (χ1n) is 5.33. The van der Waals surface area contributed by atoms with Gasteiger partial charge in [-0.15, -0.1) is 0 Å². The number of benzene rings is 1. The van der Waals surface area contributed by atoms with Crippen molar-refractivity contribution in [2.45, 2.75) is 18.9 Å². The number of hydrogen-bond acceptors (Lipinski definition) is 2. The maximum absolute atomic E-state index is 11.5. The molecule has 3 rings (SSSR count). The zero-order valence-corrected chi connectivity index (χ0v) is 8.66. The van der Waals surface area contributed by atoms with Gasteiger partial charge in [-0.3, -0.25) is 10.4 Å². The van der Waals surface area contributed by atoms with Crippen LogP contribution in [0.25, 0.3) is 10.9 Å². The second kappa shape index (κ2) is 3.52. The fourth-order valence-corrected chi connectivity index (χ4v) is 1.62. The van der Waals surface area contributed by atoms with Crippen LogP contribution in [0.2, 0.25) is 0 Å². The molecule has 5 nitrogen and oxygen atoms in total. The number of urea groups is 1. The maximum atomic E-state index is 11.5. The summed E-state index contributed by atoms with van der Waals surface area (Å²) in [7, 11) is 0. The third-order valence-corrected chi connectivity index (χ3v) is 2.61. The van der Waals surface area contributed by atoms with Crippen LogP contribution in [0.1, 0.15) is 12.8 Å². The molecule has 0 radical (unpaired) electrons. The van der Waals surface area contributed by atoms with Gasteiger partial charge < -0.3 is 5.32 Å². The highest BCUT2D eigenvalue weighted by molar-refractivity contribution is 5.98. The van der Waals surface area contributed by atoms with Gasteiger partial charge in [-0.1, -0.05) is 12.1 Å². The topological polar surface area (TPSA) is 69.8 Å². The van der Waals surface area contributed by atoms with Crippen LogP contribution in [-0.2, 0) is 0 Å². The molecule has 82 valence electrons. The van der Waals surface area contributed by atoms with Gasteiger partial charge in [-0.05, 0) is 25.0 Å². The van der Waals surface area contributed by atoms with Crippen LogP contribution in [0.3, 0.4) is 0 Å². The molecule has 0 bridgehead atoms. The molecule has 0 aliphatic heterocycles. The highest BCUT2D eigenvalue weighted by Crippen LogP contribution is 2.21. The van der Waals surface area contributed by atoms with E-state index in [0.29, 0.717) is 11.9 Å². The quantitative estimate of drug-likeness (QED) is 0.717. The van der Waals surface area contributed by atoms with Gasteiger partial charge in [-0.25, -0.2) is 4.79 Å². The summed E-state index contributed by atoms with van der Waals surface area (Å²) in [6.45, 7) is 0. The summed E-state index contributed by atoms with van der Waals surface area (Å²) in [6, 6.07) is 7.86. The number of nitrogens with zero attached hydrogens (tertiary/aromatic N) is 1. The Kier molecular flexibility index (Phi) is 2.02. The van der Waals surface area contributed by atoms with E-state index in [0.717, 1.165) is 23.7 Å². The Hall–Kier alpha value is -2.04. The highest BCUT2D eigenvalue weighted by atomic mass is 16.2. The van der Waals surface area contributed by atoms with E-state index < -0.39 is 0 Å². The van der Waals surface area contributed by atoms with Crippen molar-refractivity contribution < 1.29 is 4.79 Å². The minimum Gasteiger partial charge on any atom is -0.335 e. The Labute approximate surface area is 92.2 Å². The number of aromatic nitrogens is 2. The van der Waals surface area contributed by atoms with E-state index in [-0.39, 0.29) is 6.03 Å². The molecule has 1 aliphatic rings. The molecule has 16 heavy (non-hydrogen) atoms. The van der Waals surface area contributed by atoms with Crippen molar-refractivity contribution in [2.24, 2.45) is 0 Å². The predicted molar refractivity (Wildman–Crippen MR) is 61.3 cm³/mol. The Balaban J connectivity index is 1.80. The smallest absolute Gasteiger partial charge is 0.320 e. The van der Waals surface area contributed by atoms with E-state index in [9.17, 15) is 4.79 Å². The summed E-state index contributed by atoms with van der Waals surface area (Å²) in [4.78, 5) is 11.5. The van der Waals surface area contributed by atoms with E-state index in [4.69, 9.17) is 0 Å².